The van der Waals surface area contributed by atoms with Gasteiger partial charge < -0.3 is 19.9 Å². The van der Waals surface area contributed by atoms with Crippen molar-refractivity contribution in [3.8, 4) is 0 Å². The van der Waals surface area contributed by atoms with E-state index in [9.17, 15) is 9.59 Å². The van der Waals surface area contributed by atoms with Gasteiger partial charge in [0.05, 0.1) is 17.0 Å². The van der Waals surface area contributed by atoms with Crippen LogP contribution in [0.4, 0.5) is 5.82 Å². The summed E-state index contributed by atoms with van der Waals surface area (Å²) in [7, 11) is 0. The van der Waals surface area contributed by atoms with E-state index >= 15 is 0 Å². The lowest BCUT2D eigenvalue weighted by Crippen LogP contribution is -2.39. The van der Waals surface area contributed by atoms with Crippen LogP contribution in [-0.2, 0) is 4.79 Å². The van der Waals surface area contributed by atoms with Gasteiger partial charge in [-0.1, -0.05) is 31.4 Å². The quantitative estimate of drug-likeness (QED) is 0.691. The standard InChI is InChI=1S/C23H32N4O3/c1-16(15-17-5-4-6-17)27-20-8-3-2-7-19(20)25-21(22(27)28)24-11-14-26-12-9-18(10-13-26)23(29)30/h2-3,7-8,16-18H,4-6,9-15H2,1H3,(H,24,25)(H,29,30)/t16-/m0/s1. The molecule has 0 radical (unpaired) electrons. The summed E-state index contributed by atoms with van der Waals surface area (Å²) in [6, 6.07) is 8.01. The molecule has 1 aliphatic heterocycles. The number of fused-ring (bicyclic) bond motifs is 1. The minimum absolute atomic E-state index is 0.0508. The topological polar surface area (TPSA) is 87.5 Å². The summed E-state index contributed by atoms with van der Waals surface area (Å²) in [6.45, 7) is 5.11. The largest absolute Gasteiger partial charge is 0.481 e. The molecule has 1 saturated carbocycles. The summed E-state index contributed by atoms with van der Waals surface area (Å²) in [4.78, 5) is 31.2. The Balaban J connectivity index is 1.45. The second kappa shape index (κ2) is 9.16. The van der Waals surface area contributed by atoms with Crippen LogP contribution in [0.15, 0.2) is 29.1 Å². The molecule has 2 aliphatic rings. The Morgan fingerprint density at radius 2 is 1.97 bits per heavy atom. The number of para-hydroxylation sites is 2. The smallest absolute Gasteiger partial charge is 0.306 e. The molecule has 1 aromatic heterocycles. The van der Waals surface area contributed by atoms with Gasteiger partial charge in [-0.05, 0) is 57.3 Å². The van der Waals surface area contributed by atoms with Gasteiger partial charge in [0.15, 0.2) is 5.82 Å². The molecule has 0 unspecified atom stereocenters. The van der Waals surface area contributed by atoms with E-state index in [1.54, 1.807) is 0 Å². The maximum atomic E-state index is 13.3. The number of nitrogens with zero attached hydrogens (tertiary/aromatic N) is 3. The van der Waals surface area contributed by atoms with E-state index in [4.69, 9.17) is 5.11 Å². The molecule has 30 heavy (non-hydrogen) atoms. The molecule has 7 heteroatoms. The van der Waals surface area contributed by atoms with Gasteiger partial charge in [0.1, 0.15) is 0 Å². The summed E-state index contributed by atoms with van der Waals surface area (Å²) in [5.74, 6) is 0.226. The van der Waals surface area contributed by atoms with Crippen LogP contribution in [0, 0.1) is 11.8 Å². The van der Waals surface area contributed by atoms with Crippen LogP contribution in [0.2, 0.25) is 0 Å². The summed E-state index contributed by atoms with van der Waals surface area (Å²) in [5.41, 5.74) is 1.68. The van der Waals surface area contributed by atoms with Crippen LogP contribution in [-0.4, -0.2) is 51.7 Å². The first-order valence-electron chi connectivity index (χ1n) is 11.2. The third kappa shape index (κ3) is 4.51. The van der Waals surface area contributed by atoms with Crippen LogP contribution >= 0.6 is 0 Å². The Morgan fingerprint density at radius 3 is 2.63 bits per heavy atom. The van der Waals surface area contributed by atoms with Crippen LogP contribution in [0.25, 0.3) is 11.0 Å². The predicted molar refractivity (Wildman–Crippen MR) is 118 cm³/mol. The fourth-order valence-electron chi connectivity index (χ4n) is 4.76. The highest BCUT2D eigenvalue weighted by atomic mass is 16.4. The second-order valence-corrected chi connectivity index (χ2v) is 8.89. The number of nitrogens with one attached hydrogen (secondary N) is 1. The Hall–Kier alpha value is -2.41. The number of carbonyl (C=O) groups is 1. The maximum Gasteiger partial charge on any atom is 0.306 e. The van der Waals surface area contributed by atoms with Crippen molar-refractivity contribution in [1.82, 2.24) is 14.5 Å². The first kappa shape index (κ1) is 20.8. The summed E-state index contributed by atoms with van der Waals surface area (Å²) >= 11 is 0. The van der Waals surface area contributed by atoms with E-state index in [0.29, 0.717) is 25.2 Å². The van der Waals surface area contributed by atoms with Crippen LogP contribution < -0.4 is 10.9 Å². The minimum Gasteiger partial charge on any atom is -0.481 e. The number of likely N-dealkylation sites (tertiary alicyclic amines) is 1. The SMILES string of the molecule is C[C@@H](CC1CCC1)n1c(=O)c(NCCN2CCC(C(=O)O)CC2)nc2ccccc21. The number of aliphatic carboxylic acids is 1. The van der Waals surface area contributed by atoms with Crippen LogP contribution in [0.1, 0.15) is 51.5 Å². The molecule has 0 bridgehead atoms. The summed E-state index contributed by atoms with van der Waals surface area (Å²) < 4.78 is 1.92. The van der Waals surface area contributed by atoms with Crippen molar-refractivity contribution < 1.29 is 9.90 Å². The second-order valence-electron chi connectivity index (χ2n) is 8.89. The molecule has 2 heterocycles. The van der Waals surface area contributed by atoms with E-state index in [-0.39, 0.29) is 17.5 Å². The number of aromatic nitrogens is 2. The molecule has 1 saturated heterocycles. The van der Waals surface area contributed by atoms with Gasteiger partial charge in [0.25, 0.3) is 5.56 Å². The molecule has 0 spiro atoms. The zero-order chi connectivity index (χ0) is 21.1. The molecule has 1 atom stereocenters. The zero-order valence-electron chi connectivity index (χ0n) is 17.7. The first-order valence-corrected chi connectivity index (χ1v) is 11.2. The average molecular weight is 413 g/mol. The lowest BCUT2D eigenvalue weighted by atomic mass is 9.81. The van der Waals surface area contributed by atoms with Crippen molar-refractivity contribution in [2.24, 2.45) is 11.8 Å². The highest BCUT2D eigenvalue weighted by molar-refractivity contribution is 5.76. The third-order valence-corrected chi connectivity index (χ3v) is 6.79. The molecule has 4 rings (SSSR count). The van der Waals surface area contributed by atoms with Gasteiger partial charge in [0, 0.05) is 19.1 Å². The van der Waals surface area contributed by atoms with E-state index < -0.39 is 5.97 Å². The highest BCUT2D eigenvalue weighted by Crippen LogP contribution is 2.34. The number of anilines is 1. The van der Waals surface area contributed by atoms with Gasteiger partial charge in [-0.3, -0.25) is 9.59 Å². The number of benzene rings is 1. The van der Waals surface area contributed by atoms with E-state index in [2.05, 4.69) is 22.1 Å². The van der Waals surface area contributed by atoms with E-state index in [1.807, 2.05) is 28.8 Å². The molecule has 2 fully saturated rings. The monoisotopic (exact) mass is 412 g/mol. The lowest BCUT2D eigenvalue weighted by Gasteiger charge is -2.30. The Morgan fingerprint density at radius 1 is 1.23 bits per heavy atom. The Labute approximate surface area is 177 Å². The molecule has 1 aliphatic carbocycles. The molecule has 162 valence electrons. The minimum atomic E-state index is -0.690. The Kier molecular flexibility index (Phi) is 6.37. The van der Waals surface area contributed by atoms with Crippen LogP contribution in [0.3, 0.4) is 0 Å². The summed E-state index contributed by atoms with van der Waals surface area (Å²) in [5, 5.41) is 12.4. The molecule has 2 aromatic rings. The molecule has 1 aromatic carbocycles. The van der Waals surface area contributed by atoms with Crippen molar-refractivity contribution >= 4 is 22.8 Å². The highest BCUT2D eigenvalue weighted by Gasteiger charge is 2.25. The fraction of sp³-hybridized carbons (Fsp3) is 0.609. The molecular weight excluding hydrogens is 380 g/mol. The van der Waals surface area contributed by atoms with E-state index in [1.165, 1.54) is 19.3 Å². The molecular formula is C23H32N4O3. The fourth-order valence-corrected chi connectivity index (χ4v) is 4.76. The van der Waals surface area contributed by atoms with Crippen molar-refractivity contribution in [2.45, 2.75) is 51.5 Å². The number of carboxylic acids is 1. The number of piperidine rings is 1. The maximum absolute atomic E-state index is 13.3. The van der Waals surface area contributed by atoms with Crippen molar-refractivity contribution in [2.75, 3.05) is 31.5 Å². The normalized spacial score (nSPS) is 19.5. The lowest BCUT2D eigenvalue weighted by molar-refractivity contribution is -0.143. The number of carboxylic acid groups (broad SMARTS) is 1. The van der Waals surface area contributed by atoms with Gasteiger partial charge in [0.2, 0.25) is 0 Å². The number of hydrogen-bond acceptors (Lipinski definition) is 5. The predicted octanol–water partition coefficient (Wildman–Crippen LogP) is 3.36. The zero-order valence-corrected chi connectivity index (χ0v) is 17.7. The molecule has 2 N–H and O–H groups in total. The number of hydrogen-bond donors (Lipinski definition) is 2. The molecule has 7 nitrogen and oxygen atoms in total. The van der Waals surface area contributed by atoms with Gasteiger partial charge in [-0.25, -0.2) is 4.98 Å². The summed E-state index contributed by atoms with van der Waals surface area (Å²) in [6.07, 6.45) is 6.26. The van der Waals surface area contributed by atoms with Gasteiger partial charge in [-0.15, -0.1) is 0 Å². The van der Waals surface area contributed by atoms with Crippen molar-refractivity contribution in [3.63, 3.8) is 0 Å². The van der Waals surface area contributed by atoms with Crippen molar-refractivity contribution in [3.05, 3.63) is 34.6 Å². The average Bonchev–Trinajstić information content (AvgIpc) is 2.71. The van der Waals surface area contributed by atoms with Gasteiger partial charge >= 0.3 is 5.97 Å². The first-order chi connectivity index (χ1) is 14.5. The Bertz CT molecular complexity index is 945. The van der Waals surface area contributed by atoms with Crippen molar-refractivity contribution in [1.29, 1.82) is 0 Å². The van der Waals surface area contributed by atoms with Crippen LogP contribution in [0.5, 0.6) is 0 Å². The third-order valence-electron chi connectivity index (χ3n) is 6.79. The van der Waals surface area contributed by atoms with E-state index in [0.717, 1.165) is 43.0 Å². The van der Waals surface area contributed by atoms with Gasteiger partial charge in [-0.2, -0.15) is 0 Å². The molecule has 0 amide bonds. The number of rotatable bonds is 8.